The molecule has 2 atom stereocenters. The van der Waals surface area contributed by atoms with Crippen molar-refractivity contribution in [2.75, 3.05) is 25.0 Å². The lowest BCUT2D eigenvalue weighted by Crippen LogP contribution is -2.56. The average Bonchev–Trinajstić information content (AvgIpc) is 3.53. The smallest absolute Gasteiger partial charge is 0.250 e. The maximum Gasteiger partial charge on any atom is 0.250 e. The van der Waals surface area contributed by atoms with E-state index in [4.69, 9.17) is 15.2 Å². The lowest BCUT2D eigenvalue weighted by atomic mass is 9.97. The number of rotatable bonds is 13. The number of hydrogen-bond donors (Lipinski definition) is 3. The van der Waals surface area contributed by atoms with Gasteiger partial charge in [0.1, 0.15) is 23.6 Å². The van der Waals surface area contributed by atoms with Crippen molar-refractivity contribution < 1.29 is 23.9 Å². The zero-order valence-corrected chi connectivity index (χ0v) is 27.7. The monoisotopic (exact) mass is 668 g/mol. The number of piperidine rings is 1. The minimum absolute atomic E-state index is 0. The second-order valence-corrected chi connectivity index (χ2v) is 12.8. The summed E-state index contributed by atoms with van der Waals surface area (Å²) in [5.41, 5.74) is 6.46. The number of imidazole rings is 1. The molecule has 1 aromatic heterocycles. The standard InChI is InChI=1S/C37H44N6O5.CH4/c1-26-18-20-42(21-19-26)35(45)33(28-14-16-30(17-15-28)48-29-12-8-5-9-13-29)43-22-32(39-25-43)41-34(44)31(40-36(46)37(2,3)38)24-47-23-27-10-6-4-7-11-27;/h4-17,22,25-26,31,33H,18-21,23-24,38H2,1-3H3,(H,40,46)(H,41,44);1H4/t31-,33?;/m1./s1. The summed E-state index contributed by atoms with van der Waals surface area (Å²) < 4.78 is 13.5. The summed E-state index contributed by atoms with van der Waals surface area (Å²) in [6.07, 6.45) is 5.03. The van der Waals surface area contributed by atoms with E-state index in [1.165, 1.54) is 6.33 Å². The quantitative estimate of drug-likeness (QED) is 0.170. The molecule has 1 unspecified atom stereocenters. The van der Waals surface area contributed by atoms with Gasteiger partial charge in [-0.05, 0) is 68.0 Å². The van der Waals surface area contributed by atoms with Gasteiger partial charge in [0.2, 0.25) is 11.8 Å². The lowest BCUT2D eigenvalue weighted by Gasteiger charge is -2.33. The molecule has 0 bridgehead atoms. The van der Waals surface area contributed by atoms with Crippen LogP contribution < -0.4 is 21.1 Å². The van der Waals surface area contributed by atoms with Gasteiger partial charge in [-0.1, -0.05) is 75.0 Å². The first-order valence-electron chi connectivity index (χ1n) is 16.2. The number of carbonyl (C=O) groups is 3. The van der Waals surface area contributed by atoms with Crippen molar-refractivity contribution >= 4 is 23.5 Å². The minimum Gasteiger partial charge on any atom is -0.457 e. The summed E-state index contributed by atoms with van der Waals surface area (Å²) >= 11 is 0. The summed E-state index contributed by atoms with van der Waals surface area (Å²) in [5, 5.41) is 5.48. The van der Waals surface area contributed by atoms with Crippen molar-refractivity contribution in [3.8, 4) is 11.5 Å². The number of anilines is 1. The SMILES string of the molecule is C.CC1CCN(C(=O)C(c2ccc(Oc3ccccc3)cc2)n2cnc(NC(=O)[C@@H](COCc3ccccc3)NC(=O)C(C)(C)N)c2)CC1. The Morgan fingerprint density at radius 2 is 1.55 bits per heavy atom. The lowest BCUT2D eigenvalue weighted by molar-refractivity contribution is -0.135. The van der Waals surface area contributed by atoms with E-state index >= 15 is 0 Å². The van der Waals surface area contributed by atoms with Crippen LogP contribution in [0.1, 0.15) is 58.2 Å². The van der Waals surface area contributed by atoms with Crippen molar-refractivity contribution in [3.63, 3.8) is 0 Å². The highest BCUT2D eigenvalue weighted by molar-refractivity contribution is 5.98. The molecule has 1 aliphatic heterocycles. The second-order valence-electron chi connectivity index (χ2n) is 12.8. The molecular formula is C38H48N6O5. The molecule has 49 heavy (non-hydrogen) atoms. The molecule has 1 saturated heterocycles. The fourth-order valence-electron chi connectivity index (χ4n) is 5.34. The number of nitrogens with one attached hydrogen (secondary N) is 2. The van der Waals surface area contributed by atoms with E-state index in [0.717, 1.165) is 24.0 Å². The molecule has 11 heteroatoms. The third kappa shape index (κ3) is 10.2. The van der Waals surface area contributed by atoms with Crippen LogP contribution in [0, 0.1) is 5.92 Å². The van der Waals surface area contributed by atoms with Gasteiger partial charge in [-0.25, -0.2) is 4.98 Å². The van der Waals surface area contributed by atoms with Crippen LogP contribution in [-0.2, 0) is 25.7 Å². The van der Waals surface area contributed by atoms with E-state index in [2.05, 4.69) is 22.5 Å². The third-order valence-electron chi connectivity index (χ3n) is 8.26. The molecule has 4 aromatic rings. The zero-order valence-electron chi connectivity index (χ0n) is 27.7. The fourth-order valence-corrected chi connectivity index (χ4v) is 5.34. The van der Waals surface area contributed by atoms with E-state index in [-0.39, 0.29) is 32.4 Å². The van der Waals surface area contributed by atoms with Crippen LogP contribution in [0.25, 0.3) is 0 Å². The van der Waals surface area contributed by atoms with Crippen LogP contribution >= 0.6 is 0 Å². The first kappa shape index (κ1) is 36.8. The van der Waals surface area contributed by atoms with Crippen LogP contribution in [0.4, 0.5) is 5.82 Å². The number of aromatic nitrogens is 2. The predicted molar refractivity (Wildman–Crippen MR) is 190 cm³/mol. The number of ether oxygens (including phenoxy) is 2. The Balaban J connectivity index is 0.00000541. The largest absolute Gasteiger partial charge is 0.457 e. The van der Waals surface area contributed by atoms with Gasteiger partial charge in [0, 0.05) is 19.3 Å². The number of nitrogens with zero attached hydrogens (tertiary/aromatic N) is 3. The molecular weight excluding hydrogens is 620 g/mol. The van der Waals surface area contributed by atoms with E-state index < -0.39 is 29.4 Å². The van der Waals surface area contributed by atoms with Gasteiger partial charge in [-0.3, -0.25) is 14.4 Å². The highest BCUT2D eigenvalue weighted by Crippen LogP contribution is 2.29. The molecule has 0 saturated carbocycles. The fraction of sp³-hybridized carbons (Fsp3) is 0.368. The van der Waals surface area contributed by atoms with Crippen LogP contribution in [0.15, 0.2) is 97.5 Å². The zero-order chi connectivity index (χ0) is 34.1. The second kappa shape index (κ2) is 16.9. The molecule has 3 amide bonds. The molecule has 1 aliphatic rings. The van der Waals surface area contributed by atoms with Gasteiger partial charge in [0.25, 0.3) is 5.91 Å². The molecule has 260 valence electrons. The predicted octanol–water partition coefficient (Wildman–Crippen LogP) is 5.54. The number of amides is 3. The van der Waals surface area contributed by atoms with E-state index in [9.17, 15) is 14.4 Å². The Labute approximate surface area is 288 Å². The highest BCUT2D eigenvalue weighted by Gasteiger charge is 2.31. The van der Waals surface area contributed by atoms with Gasteiger partial charge in [-0.15, -0.1) is 0 Å². The maximum atomic E-state index is 14.1. The molecule has 3 aromatic carbocycles. The van der Waals surface area contributed by atoms with Crippen LogP contribution in [-0.4, -0.2) is 63.4 Å². The molecule has 2 heterocycles. The number of carbonyl (C=O) groups excluding carboxylic acids is 3. The summed E-state index contributed by atoms with van der Waals surface area (Å²) in [5.74, 6) is 1.06. The van der Waals surface area contributed by atoms with Crippen molar-refractivity contribution in [2.45, 2.75) is 65.3 Å². The van der Waals surface area contributed by atoms with E-state index in [1.54, 1.807) is 24.6 Å². The Bertz CT molecular complexity index is 1650. The van der Waals surface area contributed by atoms with Crippen LogP contribution in [0.5, 0.6) is 11.5 Å². The van der Waals surface area contributed by atoms with Crippen molar-refractivity contribution in [2.24, 2.45) is 11.7 Å². The van der Waals surface area contributed by atoms with Gasteiger partial charge >= 0.3 is 0 Å². The summed E-state index contributed by atoms with van der Waals surface area (Å²) in [6.45, 7) is 6.84. The van der Waals surface area contributed by atoms with Gasteiger partial charge < -0.3 is 35.3 Å². The highest BCUT2D eigenvalue weighted by atomic mass is 16.5. The van der Waals surface area contributed by atoms with Crippen molar-refractivity contribution in [1.29, 1.82) is 0 Å². The average molecular weight is 669 g/mol. The Hall–Kier alpha value is -5.00. The van der Waals surface area contributed by atoms with Crippen LogP contribution in [0.2, 0.25) is 0 Å². The molecule has 0 aliphatic carbocycles. The Morgan fingerprint density at radius 1 is 0.939 bits per heavy atom. The molecule has 11 nitrogen and oxygen atoms in total. The van der Waals surface area contributed by atoms with Crippen molar-refractivity contribution in [1.82, 2.24) is 19.8 Å². The van der Waals surface area contributed by atoms with Gasteiger partial charge in [-0.2, -0.15) is 0 Å². The van der Waals surface area contributed by atoms with Gasteiger partial charge in [0.05, 0.1) is 25.1 Å². The summed E-state index contributed by atoms with van der Waals surface area (Å²) in [4.78, 5) is 46.6. The number of likely N-dealkylation sites (tertiary alicyclic amines) is 1. The summed E-state index contributed by atoms with van der Waals surface area (Å²) in [7, 11) is 0. The number of nitrogens with two attached hydrogens (primary N) is 1. The molecule has 4 N–H and O–H groups in total. The normalized spacial score (nSPS) is 14.7. The minimum atomic E-state index is -1.21. The first-order valence-corrected chi connectivity index (χ1v) is 16.2. The first-order chi connectivity index (χ1) is 23.1. The number of para-hydroxylation sites is 1. The maximum absolute atomic E-state index is 14.1. The third-order valence-corrected chi connectivity index (χ3v) is 8.26. The molecule has 1 fully saturated rings. The molecule has 5 rings (SSSR count). The summed E-state index contributed by atoms with van der Waals surface area (Å²) in [6, 6.07) is 24.7. The van der Waals surface area contributed by atoms with Crippen LogP contribution in [0.3, 0.4) is 0 Å². The molecule has 0 radical (unpaired) electrons. The van der Waals surface area contributed by atoms with E-state index in [0.29, 0.717) is 30.5 Å². The molecule has 0 spiro atoms. The van der Waals surface area contributed by atoms with Gasteiger partial charge in [0.15, 0.2) is 5.82 Å². The number of hydrogen-bond acceptors (Lipinski definition) is 7. The van der Waals surface area contributed by atoms with Crippen molar-refractivity contribution in [3.05, 3.63) is 109 Å². The number of benzene rings is 3. The Kier molecular flexibility index (Phi) is 12.7. The topological polar surface area (TPSA) is 141 Å². The Morgan fingerprint density at radius 3 is 2.18 bits per heavy atom. The van der Waals surface area contributed by atoms with E-state index in [1.807, 2.05) is 89.8 Å².